The van der Waals surface area contributed by atoms with Crippen LogP contribution in [0.1, 0.15) is 11.1 Å². The zero-order chi connectivity index (χ0) is 22.4. The molecule has 1 fully saturated rings. The topological polar surface area (TPSA) is 87.7 Å². The van der Waals surface area contributed by atoms with Gasteiger partial charge < -0.3 is 10.1 Å². The summed E-state index contributed by atoms with van der Waals surface area (Å²) in [4.78, 5) is 14.3. The van der Waals surface area contributed by atoms with Crippen LogP contribution >= 0.6 is 0 Å². The van der Waals surface area contributed by atoms with E-state index in [1.165, 1.54) is 6.07 Å². The van der Waals surface area contributed by atoms with Crippen LogP contribution in [-0.2, 0) is 32.5 Å². The average Bonchev–Trinajstić information content (AvgIpc) is 2.70. The normalized spacial score (nSPS) is 17.3. The van der Waals surface area contributed by atoms with Gasteiger partial charge in [-0.25, -0.2) is 17.2 Å². The first kappa shape index (κ1) is 23.1. The number of halogens is 2. The van der Waals surface area contributed by atoms with Gasteiger partial charge in [0, 0.05) is 31.9 Å². The summed E-state index contributed by atoms with van der Waals surface area (Å²) < 4.78 is 57.0. The van der Waals surface area contributed by atoms with Gasteiger partial charge in [0.1, 0.15) is 0 Å². The van der Waals surface area contributed by atoms with Crippen LogP contribution in [-0.4, -0.2) is 57.8 Å². The highest BCUT2D eigenvalue weighted by Gasteiger charge is 2.21. The predicted octanol–water partition coefficient (Wildman–Crippen LogP) is 1.90. The number of amides is 1. The number of hydrogen-bond donors (Lipinski definition) is 2. The molecule has 0 aromatic heterocycles. The lowest BCUT2D eigenvalue weighted by Crippen LogP contribution is -2.47. The highest BCUT2D eigenvalue weighted by molar-refractivity contribution is 7.92. The predicted molar refractivity (Wildman–Crippen MR) is 113 cm³/mol. The number of nitrogens with zero attached hydrogens (tertiary/aromatic N) is 1. The lowest BCUT2D eigenvalue weighted by molar-refractivity contribution is -0.121. The van der Waals surface area contributed by atoms with Gasteiger partial charge in [0.15, 0.2) is 11.6 Å². The lowest BCUT2D eigenvalue weighted by Gasteiger charge is -2.33. The van der Waals surface area contributed by atoms with Crippen molar-refractivity contribution >= 4 is 21.6 Å². The van der Waals surface area contributed by atoms with Crippen LogP contribution in [0.2, 0.25) is 0 Å². The Morgan fingerprint density at radius 3 is 2.52 bits per heavy atom. The number of rotatable bonds is 8. The second-order valence-corrected chi connectivity index (χ2v) is 9.28. The molecule has 2 N–H and O–H groups in total. The molecule has 10 heteroatoms. The monoisotopic (exact) mass is 453 g/mol. The van der Waals surface area contributed by atoms with Gasteiger partial charge in [0.05, 0.1) is 25.4 Å². The van der Waals surface area contributed by atoms with Gasteiger partial charge in [-0.05, 0) is 35.4 Å². The van der Waals surface area contributed by atoms with Crippen LogP contribution in [0.4, 0.5) is 14.5 Å². The quantitative estimate of drug-likeness (QED) is 0.638. The average molecular weight is 454 g/mol. The van der Waals surface area contributed by atoms with E-state index in [9.17, 15) is 22.0 Å². The lowest BCUT2D eigenvalue weighted by atomic mass is 10.1. The van der Waals surface area contributed by atoms with Crippen molar-refractivity contribution in [2.45, 2.75) is 19.1 Å². The van der Waals surface area contributed by atoms with Crippen LogP contribution in [0.5, 0.6) is 0 Å². The first-order valence-electron chi connectivity index (χ1n) is 9.79. The van der Waals surface area contributed by atoms with E-state index in [2.05, 4.69) is 14.9 Å². The molecule has 0 saturated carbocycles. The van der Waals surface area contributed by atoms with Crippen molar-refractivity contribution in [3.63, 3.8) is 0 Å². The summed E-state index contributed by atoms with van der Waals surface area (Å²) in [5.41, 5.74) is 1.86. The minimum atomic E-state index is -3.35. The van der Waals surface area contributed by atoms with Crippen LogP contribution in [0, 0.1) is 11.6 Å². The molecule has 3 rings (SSSR count). The molecule has 0 bridgehead atoms. The summed E-state index contributed by atoms with van der Waals surface area (Å²) in [6.45, 7) is 2.52. The summed E-state index contributed by atoms with van der Waals surface area (Å²) in [7, 11) is -3.35. The highest BCUT2D eigenvalue weighted by atomic mass is 32.2. The van der Waals surface area contributed by atoms with Gasteiger partial charge in [-0.15, -0.1) is 0 Å². The molecule has 168 valence electrons. The Kier molecular flexibility index (Phi) is 7.58. The molecule has 2 aromatic rings. The van der Waals surface area contributed by atoms with Crippen molar-refractivity contribution in [3.8, 4) is 0 Å². The first-order chi connectivity index (χ1) is 14.7. The van der Waals surface area contributed by atoms with Crippen molar-refractivity contribution in [2.24, 2.45) is 0 Å². The Bertz CT molecular complexity index is 1020. The minimum Gasteiger partial charge on any atom is -0.374 e. The second-order valence-electron chi connectivity index (χ2n) is 7.53. The number of hydrogen-bond acceptors (Lipinski definition) is 5. The fourth-order valence-electron chi connectivity index (χ4n) is 3.32. The molecule has 1 saturated heterocycles. The molecule has 31 heavy (non-hydrogen) atoms. The van der Waals surface area contributed by atoms with Gasteiger partial charge in [0.2, 0.25) is 15.9 Å². The third-order valence-electron chi connectivity index (χ3n) is 4.76. The second kappa shape index (κ2) is 10.2. The number of sulfonamides is 1. The maximum atomic E-state index is 13.4. The molecule has 1 amide bonds. The molecular formula is C21H25F2N3O4S. The Hall–Kier alpha value is -2.56. The van der Waals surface area contributed by atoms with Crippen molar-refractivity contribution in [2.75, 3.05) is 37.2 Å². The van der Waals surface area contributed by atoms with E-state index in [-0.39, 0.29) is 18.4 Å². The molecular weight excluding hydrogens is 428 g/mol. The van der Waals surface area contributed by atoms with Crippen LogP contribution in [0.15, 0.2) is 42.5 Å². The van der Waals surface area contributed by atoms with Crippen molar-refractivity contribution < 1.29 is 26.7 Å². The number of carbonyl (C=O) groups excluding carboxylic acids is 1. The molecule has 0 radical (unpaired) electrons. The van der Waals surface area contributed by atoms with E-state index in [0.29, 0.717) is 44.0 Å². The molecule has 1 atom stereocenters. The van der Waals surface area contributed by atoms with Gasteiger partial charge in [0.25, 0.3) is 0 Å². The molecule has 1 heterocycles. The SMILES string of the molecule is CS(=O)(=O)Nc1ccc(CC(=O)NC[C@H]2CN(Cc3ccc(F)c(F)c3)CCO2)cc1. The van der Waals surface area contributed by atoms with Crippen LogP contribution in [0.25, 0.3) is 0 Å². The van der Waals surface area contributed by atoms with Crippen LogP contribution < -0.4 is 10.0 Å². The minimum absolute atomic E-state index is 0.157. The zero-order valence-electron chi connectivity index (χ0n) is 17.1. The summed E-state index contributed by atoms with van der Waals surface area (Å²) in [6, 6.07) is 10.4. The largest absolute Gasteiger partial charge is 0.374 e. The molecule has 7 nitrogen and oxygen atoms in total. The highest BCUT2D eigenvalue weighted by Crippen LogP contribution is 2.14. The molecule has 1 aliphatic rings. The van der Waals surface area contributed by atoms with Gasteiger partial charge >= 0.3 is 0 Å². The van der Waals surface area contributed by atoms with E-state index in [1.807, 2.05) is 0 Å². The Morgan fingerprint density at radius 2 is 1.84 bits per heavy atom. The van der Waals surface area contributed by atoms with E-state index < -0.39 is 21.7 Å². The summed E-state index contributed by atoms with van der Waals surface area (Å²) >= 11 is 0. The molecule has 1 aliphatic heterocycles. The van der Waals surface area contributed by atoms with Gasteiger partial charge in [-0.2, -0.15) is 0 Å². The zero-order valence-corrected chi connectivity index (χ0v) is 17.9. The van der Waals surface area contributed by atoms with Crippen molar-refractivity contribution in [3.05, 3.63) is 65.2 Å². The maximum Gasteiger partial charge on any atom is 0.229 e. The van der Waals surface area contributed by atoms with Crippen molar-refractivity contribution in [1.29, 1.82) is 0 Å². The maximum absolute atomic E-state index is 13.4. The number of morpholine rings is 1. The van der Waals surface area contributed by atoms with Crippen LogP contribution in [0.3, 0.4) is 0 Å². The third-order valence-corrected chi connectivity index (χ3v) is 5.37. The Balaban J connectivity index is 1.44. The first-order valence-corrected chi connectivity index (χ1v) is 11.7. The fourth-order valence-corrected chi connectivity index (χ4v) is 3.89. The van der Waals surface area contributed by atoms with E-state index in [4.69, 9.17) is 4.74 Å². The summed E-state index contributed by atoms with van der Waals surface area (Å²) in [5.74, 6) is -1.91. The standard InChI is InChI=1S/C21H25F2N3O4S/c1-31(28,29)25-17-5-2-15(3-6-17)11-21(27)24-12-18-14-26(8-9-30-18)13-16-4-7-19(22)20(23)10-16/h2-7,10,18,25H,8-9,11-14H2,1H3,(H,24,27)/t18-/m0/s1. The number of benzene rings is 2. The summed E-state index contributed by atoms with van der Waals surface area (Å²) in [5, 5.41) is 2.84. The Labute approximate surface area is 180 Å². The van der Waals surface area contributed by atoms with E-state index in [1.54, 1.807) is 30.3 Å². The van der Waals surface area contributed by atoms with E-state index in [0.717, 1.165) is 17.9 Å². The van der Waals surface area contributed by atoms with Gasteiger partial charge in [-0.1, -0.05) is 18.2 Å². The molecule has 0 unspecified atom stereocenters. The fraction of sp³-hybridized carbons (Fsp3) is 0.381. The van der Waals surface area contributed by atoms with E-state index >= 15 is 0 Å². The molecule has 2 aromatic carbocycles. The third kappa shape index (κ3) is 7.57. The smallest absolute Gasteiger partial charge is 0.229 e. The summed E-state index contributed by atoms with van der Waals surface area (Å²) in [6.07, 6.45) is 1.02. The molecule has 0 aliphatic carbocycles. The van der Waals surface area contributed by atoms with Crippen molar-refractivity contribution in [1.82, 2.24) is 10.2 Å². The van der Waals surface area contributed by atoms with Gasteiger partial charge in [-0.3, -0.25) is 14.4 Å². The Morgan fingerprint density at radius 1 is 1.13 bits per heavy atom. The number of ether oxygens (including phenoxy) is 1. The number of carbonyl (C=O) groups is 1. The number of anilines is 1. The number of nitrogens with one attached hydrogen (secondary N) is 2. The molecule has 0 spiro atoms.